The van der Waals surface area contributed by atoms with E-state index in [1.54, 1.807) is 6.92 Å². The van der Waals surface area contributed by atoms with Crippen molar-refractivity contribution in [1.29, 1.82) is 0 Å². The molecule has 9 nitrogen and oxygen atoms in total. The number of ether oxygens (including phenoxy) is 4. The van der Waals surface area contributed by atoms with Gasteiger partial charge in [-0.2, -0.15) is 0 Å². The van der Waals surface area contributed by atoms with Gasteiger partial charge in [-0.25, -0.2) is 9.59 Å². The summed E-state index contributed by atoms with van der Waals surface area (Å²) >= 11 is 0. The van der Waals surface area contributed by atoms with Crippen LogP contribution in [0.15, 0.2) is 42.5 Å². The van der Waals surface area contributed by atoms with Gasteiger partial charge >= 0.3 is 23.9 Å². The summed E-state index contributed by atoms with van der Waals surface area (Å²) in [5, 5.41) is 9.05. The Kier molecular flexibility index (Phi) is 8.47. The van der Waals surface area contributed by atoms with Gasteiger partial charge in [0, 0.05) is 19.4 Å². The zero-order valence-corrected chi connectivity index (χ0v) is 18.7. The van der Waals surface area contributed by atoms with Gasteiger partial charge in [-0.3, -0.25) is 9.59 Å². The number of carbonyl (C=O) groups is 4. The molecule has 1 aliphatic heterocycles. The lowest BCUT2D eigenvalue weighted by Gasteiger charge is -2.10. The summed E-state index contributed by atoms with van der Waals surface area (Å²) in [6, 6.07) is 5.81. The van der Waals surface area contributed by atoms with Crippen molar-refractivity contribution in [3.8, 4) is 17.2 Å². The highest BCUT2D eigenvalue weighted by Crippen LogP contribution is 2.40. The van der Waals surface area contributed by atoms with E-state index in [-0.39, 0.29) is 47.2 Å². The second-order valence-corrected chi connectivity index (χ2v) is 7.05. The first-order chi connectivity index (χ1) is 15.5. The van der Waals surface area contributed by atoms with Crippen molar-refractivity contribution < 1.29 is 43.2 Å². The molecular formula is C24H24O9. The number of hydrogen-bond donors (Lipinski definition) is 1. The van der Waals surface area contributed by atoms with Gasteiger partial charge in [0.05, 0.1) is 17.7 Å². The summed E-state index contributed by atoms with van der Waals surface area (Å²) in [6.07, 6.45) is 1.26. The first-order valence-electron chi connectivity index (χ1n) is 9.82. The first-order valence-corrected chi connectivity index (χ1v) is 9.82. The number of aliphatic hydroxyl groups excluding tert-OH is 1. The van der Waals surface area contributed by atoms with Crippen LogP contribution in [0.4, 0.5) is 0 Å². The quantitative estimate of drug-likeness (QED) is 0.508. The van der Waals surface area contributed by atoms with E-state index in [0.717, 1.165) is 0 Å². The number of rotatable bonds is 6. The molecule has 174 valence electrons. The molecule has 0 aliphatic carbocycles. The lowest BCUT2D eigenvalue weighted by molar-refractivity contribution is -0.142. The van der Waals surface area contributed by atoms with Gasteiger partial charge in [0.1, 0.15) is 23.9 Å². The number of carbonyl (C=O) groups excluding carboxylic acids is 4. The van der Waals surface area contributed by atoms with Gasteiger partial charge in [-0.1, -0.05) is 12.6 Å². The van der Waals surface area contributed by atoms with E-state index in [0.29, 0.717) is 11.1 Å². The number of aryl methyl sites for hydroxylation is 1. The molecule has 1 N–H and O–H groups in total. The summed E-state index contributed by atoms with van der Waals surface area (Å²) in [4.78, 5) is 47.7. The van der Waals surface area contributed by atoms with Crippen LogP contribution < -0.4 is 14.2 Å². The molecule has 33 heavy (non-hydrogen) atoms. The van der Waals surface area contributed by atoms with Gasteiger partial charge in [0.2, 0.25) is 0 Å². The van der Waals surface area contributed by atoms with Gasteiger partial charge in [0.15, 0.2) is 0 Å². The number of esters is 4. The second kappa shape index (κ2) is 11.1. The Bertz CT molecular complexity index is 1110. The Balaban J connectivity index is 2.86. The number of hydrogen-bond acceptors (Lipinski definition) is 9. The predicted octanol–water partition coefficient (Wildman–Crippen LogP) is 2.88. The van der Waals surface area contributed by atoms with Crippen molar-refractivity contribution in [2.24, 2.45) is 0 Å². The fraction of sp³-hybridized carbons (Fsp3) is 0.250. The number of fused-ring (bicyclic) bond motifs is 1. The molecule has 1 aromatic carbocycles. The van der Waals surface area contributed by atoms with Crippen molar-refractivity contribution in [3.05, 3.63) is 59.2 Å². The maximum atomic E-state index is 12.5. The molecule has 0 fully saturated rings. The van der Waals surface area contributed by atoms with E-state index < -0.39 is 23.9 Å². The monoisotopic (exact) mass is 456 g/mol. The summed E-state index contributed by atoms with van der Waals surface area (Å²) in [5.74, 6) is -2.55. The lowest BCUT2D eigenvalue weighted by Crippen LogP contribution is -2.11. The lowest BCUT2D eigenvalue weighted by atomic mass is 10.1. The molecule has 0 atom stereocenters. The van der Waals surface area contributed by atoms with Crippen LogP contribution in [0.25, 0.3) is 5.57 Å². The van der Waals surface area contributed by atoms with E-state index >= 15 is 0 Å². The highest BCUT2D eigenvalue weighted by molar-refractivity contribution is 6.21. The molecule has 0 spiro atoms. The Morgan fingerprint density at radius 2 is 1.76 bits per heavy atom. The average molecular weight is 456 g/mol. The van der Waals surface area contributed by atoms with Crippen LogP contribution in [-0.4, -0.2) is 35.6 Å². The molecule has 1 aromatic rings. The Hall–Kier alpha value is -3.98. The molecule has 9 heteroatoms. The minimum Gasteiger partial charge on any atom is -0.461 e. The fourth-order valence-corrected chi connectivity index (χ4v) is 2.73. The van der Waals surface area contributed by atoms with Crippen molar-refractivity contribution in [2.45, 2.75) is 34.3 Å². The van der Waals surface area contributed by atoms with Crippen LogP contribution in [-0.2, 0) is 30.5 Å². The standard InChI is InChI=1S/C24H24O9/c1-13(8-9-25)23(28)32-21-11-18(12-30-16(4)26)6-7-19(31-17(5)27)14(2)10-20-22(21)15(3)24(29)33-20/h6-8,10-11,25H,3,9,12H2,1-2,4-5H3/b7-6?,13-8+,14-10?,18-6?,18-11?,19-7?,19-14?,20-10?,21-11?,22-21?. The third-order valence-corrected chi connectivity index (χ3v) is 4.36. The SMILES string of the molecule is C=C1C(=O)Oc2cc(C)c(OC(C)=O)ccc(COC(C)=O)cc(OC(=O)/C(C)=C/CO)c21. The van der Waals surface area contributed by atoms with Crippen molar-refractivity contribution in [1.82, 2.24) is 0 Å². The van der Waals surface area contributed by atoms with Crippen molar-refractivity contribution in [3.63, 3.8) is 0 Å². The van der Waals surface area contributed by atoms with Crippen molar-refractivity contribution >= 4 is 29.5 Å². The molecular weight excluding hydrogens is 432 g/mol. The third-order valence-electron chi connectivity index (χ3n) is 4.36. The maximum absolute atomic E-state index is 12.5. The predicted molar refractivity (Wildman–Crippen MR) is 117 cm³/mol. The normalized spacial score (nSPS) is 12.3. The van der Waals surface area contributed by atoms with Crippen LogP contribution in [0.2, 0.25) is 0 Å². The van der Waals surface area contributed by atoms with Crippen molar-refractivity contribution in [2.75, 3.05) is 6.61 Å². The zero-order valence-electron chi connectivity index (χ0n) is 18.7. The fourth-order valence-electron chi connectivity index (χ4n) is 2.73. The first kappa shape index (κ1) is 25.3. The summed E-state index contributed by atoms with van der Waals surface area (Å²) < 4.78 is 21.1. The smallest absolute Gasteiger partial charge is 0.343 e. The largest absolute Gasteiger partial charge is 0.461 e. The van der Waals surface area contributed by atoms with Gasteiger partial charge in [-0.15, -0.1) is 0 Å². The molecule has 0 unspecified atom stereocenters. The molecule has 0 bridgehead atoms. The van der Waals surface area contributed by atoms with Gasteiger partial charge in [-0.05, 0) is 49.2 Å². The van der Waals surface area contributed by atoms with Crippen LogP contribution in [0, 0.1) is 6.92 Å². The highest BCUT2D eigenvalue weighted by Gasteiger charge is 2.29. The minimum absolute atomic E-state index is 0.0251. The number of aliphatic hydroxyl groups is 1. The summed E-state index contributed by atoms with van der Waals surface area (Å²) in [7, 11) is 0. The van der Waals surface area contributed by atoms with Gasteiger partial charge in [0.25, 0.3) is 0 Å². The second-order valence-electron chi connectivity index (χ2n) is 7.05. The van der Waals surface area contributed by atoms with Crippen LogP contribution >= 0.6 is 0 Å². The highest BCUT2D eigenvalue weighted by atomic mass is 16.6. The summed E-state index contributed by atoms with van der Waals surface area (Å²) in [5.41, 5.74) is 0.926. The minimum atomic E-state index is -0.782. The Morgan fingerprint density at radius 1 is 1.06 bits per heavy atom. The topological polar surface area (TPSA) is 125 Å². The average Bonchev–Trinajstić information content (AvgIpc) is 3.00. The van der Waals surface area contributed by atoms with E-state index in [2.05, 4.69) is 6.58 Å². The Morgan fingerprint density at radius 3 is 2.36 bits per heavy atom. The van der Waals surface area contributed by atoms with E-state index in [9.17, 15) is 19.2 Å². The molecule has 2 rings (SSSR count). The molecule has 0 saturated carbocycles. The van der Waals surface area contributed by atoms with Crippen LogP contribution in [0.3, 0.4) is 0 Å². The molecule has 0 saturated heterocycles. The third kappa shape index (κ3) is 6.75. The van der Waals surface area contributed by atoms with E-state index in [1.807, 2.05) is 0 Å². The van der Waals surface area contributed by atoms with E-state index in [1.165, 1.54) is 51.1 Å². The molecule has 1 heterocycles. The van der Waals surface area contributed by atoms with Gasteiger partial charge < -0.3 is 24.1 Å². The Labute approximate surface area is 190 Å². The maximum Gasteiger partial charge on any atom is 0.343 e. The summed E-state index contributed by atoms with van der Waals surface area (Å²) in [6.45, 7) is 8.68. The molecule has 1 aliphatic rings. The van der Waals surface area contributed by atoms with E-state index in [4.69, 9.17) is 24.1 Å². The zero-order chi connectivity index (χ0) is 24.7. The van der Waals surface area contributed by atoms with Crippen LogP contribution in [0.1, 0.15) is 37.5 Å². The molecule has 0 aromatic heterocycles. The van der Waals surface area contributed by atoms with Crippen LogP contribution in [0.5, 0.6) is 17.2 Å². The molecule has 0 amide bonds. The molecule has 0 radical (unpaired) electrons.